The van der Waals surface area contributed by atoms with E-state index in [1.165, 1.54) is 6.07 Å². The minimum atomic E-state index is -0.326. The molecule has 0 saturated carbocycles. The Morgan fingerprint density at radius 3 is 3.05 bits per heavy atom. The fourth-order valence-corrected chi connectivity index (χ4v) is 1.77. The van der Waals surface area contributed by atoms with Crippen molar-refractivity contribution in [3.05, 3.63) is 40.4 Å². The first-order chi connectivity index (χ1) is 9.20. The fraction of sp³-hybridized carbons (Fsp3) is 0.333. The Bertz CT molecular complexity index is 546. The van der Waals surface area contributed by atoms with E-state index < -0.39 is 0 Å². The average Bonchev–Trinajstić information content (AvgIpc) is 2.87. The van der Waals surface area contributed by atoms with Gasteiger partial charge in [0.15, 0.2) is 0 Å². The van der Waals surface area contributed by atoms with Crippen LogP contribution in [0, 0.1) is 5.82 Å². The second kappa shape index (κ2) is 6.74. The van der Waals surface area contributed by atoms with Crippen molar-refractivity contribution in [3.63, 3.8) is 0 Å². The molecule has 0 bridgehead atoms. The number of hydrogen-bond acceptors (Lipinski definition) is 4. The summed E-state index contributed by atoms with van der Waals surface area (Å²) >= 11 is 3.11. The van der Waals surface area contributed by atoms with E-state index in [-0.39, 0.29) is 5.82 Å². The van der Waals surface area contributed by atoms with Crippen molar-refractivity contribution in [2.45, 2.75) is 6.54 Å². The second-order valence-electron chi connectivity index (χ2n) is 3.92. The highest BCUT2D eigenvalue weighted by atomic mass is 79.9. The minimum Gasteiger partial charge on any atom is -0.383 e. The van der Waals surface area contributed by atoms with E-state index in [1.54, 1.807) is 30.1 Å². The lowest BCUT2D eigenvalue weighted by molar-refractivity contribution is 0.199. The average molecular weight is 329 g/mol. The van der Waals surface area contributed by atoms with Gasteiger partial charge in [-0.3, -0.25) is 0 Å². The van der Waals surface area contributed by atoms with Crippen LogP contribution in [0.2, 0.25) is 0 Å². The summed E-state index contributed by atoms with van der Waals surface area (Å²) in [6, 6.07) is 4.81. The number of aromatic nitrogens is 3. The molecule has 19 heavy (non-hydrogen) atoms. The third kappa shape index (κ3) is 3.82. The smallest absolute Gasteiger partial charge is 0.139 e. The van der Waals surface area contributed by atoms with Crippen molar-refractivity contribution >= 4 is 15.9 Å². The van der Waals surface area contributed by atoms with Crippen LogP contribution in [-0.2, 0) is 11.3 Å². The largest absolute Gasteiger partial charge is 0.383 e. The minimum absolute atomic E-state index is 0.326. The van der Waals surface area contributed by atoms with Crippen LogP contribution in [0.25, 0.3) is 5.69 Å². The van der Waals surface area contributed by atoms with Crippen molar-refractivity contribution in [2.24, 2.45) is 0 Å². The molecule has 0 unspecified atom stereocenters. The quantitative estimate of drug-likeness (QED) is 0.823. The summed E-state index contributed by atoms with van der Waals surface area (Å²) in [6.07, 6.45) is 1.77. The normalized spacial score (nSPS) is 10.9. The summed E-state index contributed by atoms with van der Waals surface area (Å²) in [6.45, 7) is 1.99. The Morgan fingerprint density at radius 1 is 1.47 bits per heavy atom. The Hall–Kier alpha value is -1.31. The third-order valence-electron chi connectivity index (χ3n) is 2.50. The molecular formula is C12H14BrFN4O. The van der Waals surface area contributed by atoms with E-state index in [2.05, 4.69) is 31.6 Å². The van der Waals surface area contributed by atoms with Crippen molar-refractivity contribution in [1.82, 2.24) is 20.3 Å². The van der Waals surface area contributed by atoms with Gasteiger partial charge in [0.05, 0.1) is 28.7 Å². The van der Waals surface area contributed by atoms with Gasteiger partial charge < -0.3 is 10.1 Å². The molecule has 0 amide bonds. The third-order valence-corrected chi connectivity index (χ3v) is 3.14. The van der Waals surface area contributed by atoms with Gasteiger partial charge in [-0.05, 0) is 28.1 Å². The fourth-order valence-electron chi connectivity index (χ4n) is 1.52. The van der Waals surface area contributed by atoms with Crippen LogP contribution in [-0.4, -0.2) is 35.3 Å². The molecule has 0 aliphatic rings. The van der Waals surface area contributed by atoms with Crippen molar-refractivity contribution in [2.75, 3.05) is 20.3 Å². The summed E-state index contributed by atoms with van der Waals surface area (Å²) in [5, 5.41) is 11.2. The molecule has 0 spiro atoms. The molecule has 0 saturated heterocycles. The maximum atomic E-state index is 13.4. The predicted molar refractivity (Wildman–Crippen MR) is 72.6 cm³/mol. The van der Waals surface area contributed by atoms with Gasteiger partial charge in [-0.15, -0.1) is 5.10 Å². The molecule has 2 aromatic rings. The lowest BCUT2D eigenvalue weighted by Crippen LogP contribution is -2.18. The van der Waals surface area contributed by atoms with Gasteiger partial charge in [0.2, 0.25) is 0 Å². The molecule has 102 valence electrons. The summed E-state index contributed by atoms with van der Waals surface area (Å²) in [7, 11) is 1.65. The van der Waals surface area contributed by atoms with Gasteiger partial charge in [0, 0.05) is 26.3 Å². The Balaban J connectivity index is 2.01. The number of hydrogen-bond donors (Lipinski definition) is 1. The number of halogens is 2. The van der Waals surface area contributed by atoms with Gasteiger partial charge in [-0.25, -0.2) is 9.07 Å². The zero-order chi connectivity index (χ0) is 13.7. The van der Waals surface area contributed by atoms with Gasteiger partial charge in [-0.2, -0.15) is 0 Å². The molecule has 0 atom stereocenters. The van der Waals surface area contributed by atoms with E-state index in [9.17, 15) is 4.39 Å². The molecule has 0 radical (unpaired) electrons. The van der Waals surface area contributed by atoms with E-state index >= 15 is 0 Å². The van der Waals surface area contributed by atoms with E-state index in [4.69, 9.17) is 4.74 Å². The highest BCUT2D eigenvalue weighted by Crippen LogP contribution is 2.18. The standard InChI is InChI=1S/C12H14BrFN4O/c1-19-5-4-15-7-9-8-18(17-16-9)10-2-3-11(13)12(14)6-10/h2-3,6,8,15H,4-5,7H2,1H3. The molecular weight excluding hydrogens is 315 g/mol. The number of rotatable bonds is 6. The molecule has 1 aromatic heterocycles. The summed E-state index contributed by atoms with van der Waals surface area (Å²) in [4.78, 5) is 0. The molecule has 0 aliphatic carbocycles. The molecule has 0 fully saturated rings. The van der Waals surface area contributed by atoms with E-state index in [1.807, 2.05) is 0 Å². The molecule has 2 rings (SSSR count). The lowest BCUT2D eigenvalue weighted by Gasteiger charge is -2.01. The van der Waals surface area contributed by atoms with Gasteiger partial charge in [0.25, 0.3) is 0 Å². The van der Waals surface area contributed by atoms with Crippen LogP contribution < -0.4 is 5.32 Å². The predicted octanol–water partition coefficient (Wildman–Crippen LogP) is 1.90. The van der Waals surface area contributed by atoms with Crippen molar-refractivity contribution in [3.8, 4) is 5.69 Å². The number of benzene rings is 1. The van der Waals surface area contributed by atoms with E-state index in [0.717, 1.165) is 12.2 Å². The Morgan fingerprint density at radius 2 is 2.32 bits per heavy atom. The zero-order valence-electron chi connectivity index (χ0n) is 10.4. The first kappa shape index (κ1) is 14.1. The van der Waals surface area contributed by atoms with Crippen molar-refractivity contribution in [1.29, 1.82) is 0 Å². The zero-order valence-corrected chi connectivity index (χ0v) is 12.0. The molecule has 1 aromatic carbocycles. The van der Waals surface area contributed by atoms with E-state index in [0.29, 0.717) is 23.3 Å². The highest BCUT2D eigenvalue weighted by Gasteiger charge is 2.05. The highest BCUT2D eigenvalue weighted by molar-refractivity contribution is 9.10. The lowest BCUT2D eigenvalue weighted by atomic mass is 10.3. The Labute approximate surface area is 118 Å². The molecule has 1 N–H and O–H groups in total. The molecule has 1 heterocycles. The maximum Gasteiger partial charge on any atom is 0.139 e. The monoisotopic (exact) mass is 328 g/mol. The number of ether oxygens (including phenoxy) is 1. The summed E-state index contributed by atoms with van der Waals surface area (Å²) in [5.41, 5.74) is 1.43. The van der Waals surface area contributed by atoms with Crippen LogP contribution in [0.3, 0.4) is 0 Å². The SMILES string of the molecule is COCCNCc1cn(-c2ccc(Br)c(F)c2)nn1. The van der Waals surface area contributed by atoms with Gasteiger partial charge in [0.1, 0.15) is 5.82 Å². The number of nitrogens with zero attached hydrogens (tertiary/aromatic N) is 3. The first-order valence-corrected chi connectivity index (χ1v) is 6.56. The maximum absolute atomic E-state index is 13.4. The van der Waals surface area contributed by atoms with Crippen LogP contribution in [0.5, 0.6) is 0 Å². The van der Waals surface area contributed by atoms with Crippen LogP contribution in [0.4, 0.5) is 4.39 Å². The number of nitrogens with one attached hydrogen (secondary N) is 1. The first-order valence-electron chi connectivity index (χ1n) is 5.77. The molecule has 7 heteroatoms. The van der Waals surface area contributed by atoms with Crippen molar-refractivity contribution < 1.29 is 9.13 Å². The number of methoxy groups -OCH3 is 1. The summed E-state index contributed by atoms with van der Waals surface area (Å²) < 4.78 is 20.3. The Kier molecular flexibility index (Phi) is 5.00. The van der Waals surface area contributed by atoms with Crippen LogP contribution in [0.1, 0.15) is 5.69 Å². The van der Waals surface area contributed by atoms with Gasteiger partial charge in [-0.1, -0.05) is 5.21 Å². The molecule has 5 nitrogen and oxygen atoms in total. The second-order valence-corrected chi connectivity index (χ2v) is 4.78. The topological polar surface area (TPSA) is 52.0 Å². The van der Waals surface area contributed by atoms with Crippen LogP contribution >= 0.6 is 15.9 Å². The van der Waals surface area contributed by atoms with Crippen LogP contribution in [0.15, 0.2) is 28.9 Å². The van der Waals surface area contributed by atoms with Gasteiger partial charge >= 0.3 is 0 Å². The molecule has 0 aliphatic heterocycles. The summed E-state index contributed by atoms with van der Waals surface area (Å²) in [5.74, 6) is -0.326.